The minimum Gasteiger partial charge on any atom is -0.327 e. The van der Waals surface area contributed by atoms with Crippen LogP contribution in [0.4, 0.5) is 10.5 Å². The van der Waals surface area contributed by atoms with E-state index in [-0.39, 0.29) is 6.03 Å². The van der Waals surface area contributed by atoms with Crippen molar-refractivity contribution in [1.29, 1.82) is 0 Å². The summed E-state index contributed by atoms with van der Waals surface area (Å²) in [5, 5.41) is 17.7. The van der Waals surface area contributed by atoms with E-state index in [0.29, 0.717) is 28.9 Å². The third-order valence-electron chi connectivity index (χ3n) is 3.38. The van der Waals surface area contributed by atoms with Crippen molar-refractivity contribution in [3.8, 4) is 17.5 Å². The summed E-state index contributed by atoms with van der Waals surface area (Å²) in [4.78, 5) is 11.8. The zero-order valence-electron chi connectivity index (χ0n) is 12.5. The van der Waals surface area contributed by atoms with Crippen molar-refractivity contribution in [2.45, 2.75) is 25.7 Å². The van der Waals surface area contributed by atoms with Crippen LogP contribution in [-0.2, 0) is 0 Å². The Morgan fingerprint density at radius 3 is 3.04 bits per heavy atom. The molecule has 1 fully saturated rings. The van der Waals surface area contributed by atoms with Gasteiger partial charge in [-0.25, -0.2) is 4.79 Å². The number of halogens is 1. The largest absolute Gasteiger partial charge is 0.327 e. The number of carbonyl (C=O) groups is 1. The number of hydrogen-bond donors (Lipinski definition) is 2. The second-order valence-corrected chi connectivity index (χ2v) is 5.53. The maximum Gasteiger partial charge on any atom is 0.319 e. The van der Waals surface area contributed by atoms with Gasteiger partial charge in [0.25, 0.3) is 0 Å². The number of nitrogens with one attached hydrogen (secondary N) is 2. The molecule has 23 heavy (non-hydrogen) atoms. The molecular weight excluding hydrogens is 316 g/mol. The highest BCUT2D eigenvalue weighted by Gasteiger charge is 2.30. The highest BCUT2D eigenvalue weighted by molar-refractivity contribution is 6.32. The van der Waals surface area contributed by atoms with Crippen molar-refractivity contribution < 1.29 is 4.79 Å². The summed E-state index contributed by atoms with van der Waals surface area (Å²) in [6.45, 7) is 2.01. The molecule has 0 unspecified atom stereocenters. The van der Waals surface area contributed by atoms with Gasteiger partial charge in [0, 0.05) is 11.6 Å². The first-order valence-corrected chi connectivity index (χ1v) is 7.59. The molecule has 1 aromatic heterocycles. The smallest absolute Gasteiger partial charge is 0.319 e. The highest BCUT2D eigenvalue weighted by Crippen LogP contribution is 2.39. The van der Waals surface area contributed by atoms with Gasteiger partial charge in [0.15, 0.2) is 5.82 Å². The molecule has 0 atom stereocenters. The van der Waals surface area contributed by atoms with Crippen LogP contribution in [0.3, 0.4) is 0 Å². The molecular formula is C15H15ClN6O. The van der Waals surface area contributed by atoms with E-state index in [4.69, 9.17) is 11.6 Å². The number of aromatic nitrogens is 4. The Hall–Kier alpha value is -2.59. The molecule has 2 N–H and O–H groups in total. The number of nitrogens with zero attached hydrogens (tertiary/aromatic N) is 4. The number of tetrazole rings is 1. The van der Waals surface area contributed by atoms with Crippen LogP contribution in [0.25, 0.3) is 5.69 Å². The minimum atomic E-state index is -0.333. The van der Waals surface area contributed by atoms with Gasteiger partial charge in [0.05, 0.1) is 17.3 Å². The van der Waals surface area contributed by atoms with Crippen LogP contribution < -0.4 is 10.6 Å². The first-order valence-electron chi connectivity index (χ1n) is 7.21. The number of rotatable bonds is 4. The molecule has 1 heterocycles. The fraction of sp³-hybridized carbons (Fsp3) is 0.333. The van der Waals surface area contributed by atoms with Crippen LogP contribution in [0.1, 0.15) is 31.5 Å². The molecule has 118 valence electrons. The molecule has 8 heteroatoms. The van der Waals surface area contributed by atoms with Crippen LogP contribution in [0.5, 0.6) is 0 Å². The molecule has 1 aliphatic rings. The van der Waals surface area contributed by atoms with Crippen LogP contribution >= 0.6 is 11.6 Å². The van der Waals surface area contributed by atoms with E-state index in [1.54, 1.807) is 29.8 Å². The van der Waals surface area contributed by atoms with E-state index in [9.17, 15) is 4.79 Å². The molecule has 1 saturated carbocycles. The molecule has 2 amide bonds. The van der Waals surface area contributed by atoms with Gasteiger partial charge >= 0.3 is 6.03 Å². The normalized spacial score (nSPS) is 13.1. The van der Waals surface area contributed by atoms with Crippen molar-refractivity contribution in [3.63, 3.8) is 0 Å². The van der Waals surface area contributed by atoms with Gasteiger partial charge in [-0.3, -0.25) is 0 Å². The Morgan fingerprint density at radius 2 is 2.30 bits per heavy atom. The highest BCUT2D eigenvalue weighted by atomic mass is 35.5. The predicted octanol–water partition coefficient (Wildman–Crippen LogP) is 2.34. The molecule has 2 aromatic rings. The lowest BCUT2D eigenvalue weighted by molar-refractivity contribution is 0.253. The van der Waals surface area contributed by atoms with Gasteiger partial charge in [0.1, 0.15) is 0 Å². The lowest BCUT2D eigenvalue weighted by atomic mass is 10.2. The maximum absolute atomic E-state index is 11.8. The number of anilines is 1. The molecule has 0 saturated heterocycles. The summed E-state index contributed by atoms with van der Waals surface area (Å²) in [5.74, 6) is 6.65. The Labute approximate surface area is 138 Å². The standard InChI is InChI=1S/C15H15ClN6O/c1-2-3-8-17-15(23)18-11-6-7-12(16)13(9-11)22-14(10-4-5-10)19-20-21-22/h6-7,9-10H,4-5,8H2,1H3,(H2,17,18,23). The van der Waals surface area contributed by atoms with E-state index in [1.807, 2.05) is 0 Å². The monoisotopic (exact) mass is 330 g/mol. The molecule has 0 radical (unpaired) electrons. The van der Waals surface area contributed by atoms with E-state index in [1.165, 1.54) is 0 Å². The van der Waals surface area contributed by atoms with Gasteiger partial charge in [-0.15, -0.1) is 11.0 Å². The zero-order chi connectivity index (χ0) is 16.2. The molecule has 7 nitrogen and oxygen atoms in total. The molecule has 0 aliphatic heterocycles. The van der Waals surface area contributed by atoms with Crippen LogP contribution in [0, 0.1) is 11.8 Å². The molecule has 1 aromatic carbocycles. The maximum atomic E-state index is 11.8. The van der Waals surface area contributed by atoms with Gasteiger partial charge < -0.3 is 10.6 Å². The number of urea groups is 1. The van der Waals surface area contributed by atoms with Crippen molar-refractivity contribution in [2.75, 3.05) is 11.9 Å². The SMILES string of the molecule is CC#CCNC(=O)Nc1ccc(Cl)c(-n2nnnc2C2CC2)c1. The summed E-state index contributed by atoms with van der Waals surface area (Å²) in [6.07, 6.45) is 2.16. The lowest BCUT2D eigenvalue weighted by Gasteiger charge is -2.10. The van der Waals surface area contributed by atoms with Crippen molar-refractivity contribution in [2.24, 2.45) is 0 Å². The zero-order valence-corrected chi connectivity index (χ0v) is 13.3. The first kappa shape index (κ1) is 15.3. The summed E-state index contributed by atoms with van der Waals surface area (Å²) < 4.78 is 1.63. The summed E-state index contributed by atoms with van der Waals surface area (Å²) >= 11 is 6.26. The minimum absolute atomic E-state index is 0.293. The third-order valence-corrected chi connectivity index (χ3v) is 3.70. The average molecular weight is 331 g/mol. The van der Waals surface area contributed by atoms with E-state index in [0.717, 1.165) is 18.7 Å². The van der Waals surface area contributed by atoms with E-state index in [2.05, 4.69) is 38.0 Å². The Kier molecular flexibility index (Phi) is 4.44. The van der Waals surface area contributed by atoms with Crippen LogP contribution in [0.15, 0.2) is 18.2 Å². The molecule has 3 rings (SSSR count). The summed E-state index contributed by atoms with van der Waals surface area (Å²) in [5.41, 5.74) is 1.24. The second kappa shape index (κ2) is 6.67. The number of amides is 2. The van der Waals surface area contributed by atoms with E-state index < -0.39 is 0 Å². The summed E-state index contributed by atoms with van der Waals surface area (Å²) in [6, 6.07) is 4.84. The van der Waals surface area contributed by atoms with Crippen molar-refractivity contribution in [3.05, 3.63) is 29.0 Å². The van der Waals surface area contributed by atoms with Gasteiger partial charge in [0.2, 0.25) is 0 Å². The Balaban J connectivity index is 1.80. The average Bonchev–Trinajstić information content (AvgIpc) is 3.27. The fourth-order valence-electron chi connectivity index (χ4n) is 2.10. The first-order chi connectivity index (χ1) is 11.2. The van der Waals surface area contributed by atoms with Crippen LogP contribution in [0.2, 0.25) is 5.02 Å². The van der Waals surface area contributed by atoms with Gasteiger partial charge in [-0.2, -0.15) is 4.68 Å². The van der Waals surface area contributed by atoms with Crippen molar-refractivity contribution >= 4 is 23.3 Å². The predicted molar refractivity (Wildman–Crippen MR) is 86.6 cm³/mol. The molecule has 1 aliphatic carbocycles. The third kappa shape index (κ3) is 3.60. The molecule has 0 bridgehead atoms. The fourth-order valence-corrected chi connectivity index (χ4v) is 2.30. The summed E-state index contributed by atoms with van der Waals surface area (Å²) in [7, 11) is 0. The quantitative estimate of drug-likeness (QED) is 0.843. The topological polar surface area (TPSA) is 84.7 Å². The van der Waals surface area contributed by atoms with Gasteiger partial charge in [-0.05, 0) is 48.4 Å². The number of carbonyl (C=O) groups excluding carboxylic acids is 1. The van der Waals surface area contributed by atoms with Crippen LogP contribution in [-0.4, -0.2) is 32.8 Å². The van der Waals surface area contributed by atoms with Gasteiger partial charge in [-0.1, -0.05) is 17.5 Å². The lowest BCUT2D eigenvalue weighted by Crippen LogP contribution is -2.28. The number of hydrogen-bond acceptors (Lipinski definition) is 4. The molecule has 0 spiro atoms. The van der Waals surface area contributed by atoms with E-state index >= 15 is 0 Å². The van der Waals surface area contributed by atoms with Crippen molar-refractivity contribution in [1.82, 2.24) is 25.5 Å². The Morgan fingerprint density at radius 1 is 1.48 bits per heavy atom. The number of benzene rings is 1. The Bertz CT molecular complexity index is 787. The second-order valence-electron chi connectivity index (χ2n) is 5.12.